The van der Waals surface area contributed by atoms with Gasteiger partial charge in [0.15, 0.2) is 23.3 Å². The van der Waals surface area contributed by atoms with E-state index >= 15 is 0 Å². The van der Waals surface area contributed by atoms with Crippen LogP contribution in [0.25, 0.3) is 22.5 Å². The van der Waals surface area contributed by atoms with Crippen LogP contribution in [0.4, 0.5) is 0 Å². The van der Waals surface area contributed by atoms with E-state index < -0.39 is 10.0 Å². The van der Waals surface area contributed by atoms with E-state index in [2.05, 4.69) is 20.3 Å². The van der Waals surface area contributed by atoms with Gasteiger partial charge in [0.1, 0.15) is 5.82 Å². The summed E-state index contributed by atoms with van der Waals surface area (Å²) in [6.45, 7) is 1.06. The van der Waals surface area contributed by atoms with Crippen molar-refractivity contribution >= 4 is 21.2 Å². The highest BCUT2D eigenvalue weighted by molar-refractivity contribution is 7.89. The van der Waals surface area contributed by atoms with Crippen LogP contribution in [0.2, 0.25) is 0 Å². The third-order valence-electron chi connectivity index (χ3n) is 6.60. The van der Waals surface area contributed by atoms with E-state index in [4.69, 9.17) is 9.40 Å². The van der Waals surface area contributed by atoms with Gasteiger partial charge in [0, 0.05) is 24.6 Å². The van der Waals surface area contributed by atoms with Crippen molar-refractivity contribution in [2.24, 2.45) is 0 Å². The van der Waals surface area contributed by atoms with Crippen molar-refractivity contribution in [1.29, 1.82) is 0 Å². The fraction of sp³-hybridized carbons (Fsp3) is 0.240. The molecule has 188 valence electrons. The molecule has 0 radical (unpaired) electrons. The van der Waals surface area contributed by atoms with Crippen LogP contribution < -0.4 is 5.56 Å². The molecule has 1 saturated heterocycles. The zero-order chi connectivity index (χ0) is 25.4. The lowest BCUT2D eigenvalue weighted by molar-refractivity contribution is 0.313. The molecule has 1 aliphatic heterocycles. The Morgan fingerprint density at radius 3 is 2.62 bits per heavy atom. The number of fused-ring (bicyclic) bond motifs is 1. The molecule has 4 heterocycles. The van der Waals surface area contributed by atoms with Gasteiger partial charge in [0.2, 0.25) is 10.0 Å². The predicted octanol–water partition coefficient (Wildman–Crippen LogP) is 2.79. The number of oxazole rings is 1. The third-order valence-corrected chi connectivity index (χ3v) is 8.49. The monoisotopic (exact) mass is 517 g/mol. The summed E-state index contributed by atoms with van der Waals surface area (Å²) < 4.78 is 35.1. The van der Waals surface area contributed by atoms with Crippen molar-refractivity contribution in [2.45, 2.75) is 30.2 Å². The Bertz CT molecular complexity index is 1710. The van der Waals surface area contributed by atoms with Gasteiger partial charge in [-0.2, -0.15) is 4.31 Å². The van der Waals surface area contributed by atoms with Crippen LogP contribution in [-0.4, -0.2) is 55.8 Å². The molecule has 0 bridgehead atoms. The van der Waals surface area contributed by atoms with Crippen molar-refractivity contribution < 1.29 is 12.8 Å². The number of hydrogen-bond donors (Lipinski definition) is 1. The fourth-order valence-electron chi connectivity index (χ4n) is 4.63. The molecular weight excluding hydrogens is 494 g/mol. The second-order valence-electron chi connectivity index (χ2n) is 8.93. The molecule has 0 atom stereocenters. The van der Waals surface area contributed by atoms with Crippen LogP contribution in [0.5, 0.6) is 0 Å². The Morgan fingerprint density at radius 2 is 1.86 bits per heavy atom. The van der Waals surface area contributed by atoms with E-state index in [0.717, 1.165) is 5.56 Å². The molecule has 0 spiro atoms. The average molecular weight is 518 g/mol. The summed E-state index contributed by atoms with van der Waals surface area (Å²) in [6.07, 6.45) is 3.90. The van der Waals surface area contributed by atoms with Crippen LogP contribution in [0.15, 0.2) is 81.3 Å². The smallest absolute Gasteiger partial charge is 0.281 e. The Balaban J connectivity index is 1.21. The lowest BCUT2D eigenvalue weighted by Crippen LogP contribution is -2.38. The highest BCUT2D eigenvalue weighted by Crippen LogP contribution is 2.30. The molecule has 12 heteroatoms. The van der Waals surface area contributed by atoms with Crippen molar-refractivity contribution in [2.75, 3.05) is 13.1 Å². The summed E-state index contributed by atoms with van der Waals surface area (Å²) in [6, 6.07) is 16.4. The molecule has 6 rings (SSSR count). The topological polar surface area (TPSA) is 140 Å². The first kappa shape index (κ1) is 23.3. The molecule has 0 aliphatic carbocycles. The maximum Gasteiger partial charge on any atom is 0.281 e. The molecule has 3 aromatic heterocycles. The molecule has 2 aromatic carbocycles. The lowest BCUT2D eigenvalue weighted by atomic mass is 9.97. The minimum absolute atomic E-state index is 0.0934. The fourth-order valence-corrected chi connectivity index (χ4v) is 6.14. The van der Waals surface area contributed by atoms with Gasteiger partial charge >= 0.3 is 0 Å². The number of nitrogens with one attached hydrogen (secondary N) is 1. The van der Waals surface area contributed by atoms with Gasteiger partial charge in [-0.25, -0.2) is 23.1 Å². The SMILES string of the molecule is O=c1[nH]c(C2CCN(S(=O)(=O)c3cccc(-c4cnco4)c3)CC2)nc2c1nnn2Cc1ccccc1. The number of aromatic amines is 1. The summed E-state index contributed by atoms with van der Waals surface area (Å²) in [5, 5.41) is 8.14. The number of H-pyrrole nitrogens is 1. The molecule has 0 saturated carbocycles. The van der Waals surface area contributed by atoms with E-state index in [0.29, 0.717) is 55.3 Å². The van der Waals surface area contributed by atoms with Crippen LogP contribution in [0.1, 0.15) is 30.1 Å². The molecule has 5 aromatic rings. The number of sulfonamides is 1. The number of benzene rings is 2. The maximum atomic E-state index is 13.4. The molecule has 1 fully saturated rings. The molecule has 0 amide bonds. The average Bonchev–Trinajstić information content (AvgIpc) is 3.61. The molecular formula is C25H23N7O4S. The zero-order valence-corrected chi connectivity index (χ0v) is 20.5. The van der Waals surface area contributed by atoms with Crippen LogP contribution >= 0.6 is 0 Å². The first-order valence-electron chi connectivity index (χ1n) is 11.9. The van der Waals surface area contributed by atoms with Crippen molar-refractivity contribution in [3.05, 3.63) is 88.9 Å². The molecule has 0 unspecified atom stereocenters. The molecule has 11 nitrogen and oxygen atoms in total. The van der Waals surface area contributed by atoms with Crippen LogP contribution in [-0.2, 0) is 16.6 Å². The summed E-state index contributed by atoms with van der Waals surface area (Å²) in [5.74, 6) is 0.935. The van der Waals surface area contributed by atoms with Crippen LogP contribution in [0, 0.1) is 0 Å². The van der Waals surface area contributed by atoms with E-state index in [1.165, 1.54) is 10.7 Å². The van der Waals surface area contributed by atoms with Gasteiger partial charge in [-0.1, -0.05) is 47.7 Å². The largest absolute Gasteiger partial charge is 0.444 e. The zero-order valence-electron chi connectivity index (χ0n) is 19.7. The maximum absolute atomic E-state index is 13.4. The van der Waals surface area contributed by atoms with Gasteiger partial charge in [0.05, 0.1) is 17.6 Å². The second kappa shape index (κ2) is 9.37. The number of hydrogen-bond acceptors (Lipinski definition) is 8. The van der Waals surface area contributed by atoms with E-state index in [1.54, 1.807) is 35.1 Å². The van der Waals surface area contributed by atoms with Gasteiger partial charge in [-0.05, 0) is 30.5 Å². The van der Waals surface area contributed by atoms with Gasteiger partial charge in [0.25, 0.3) is 5.56 Å². The third kappa shape index (κ3) is 4.45. The van der Waals surface area contributed by atoms with E-state index in [-0.39, 0.29) is 21.9 Å². The van der Waals surface area contributed by atoms with E-state index in [9.17, 15) is 13.2 Å². The Labute approximate surface area is 211 Å². The summed E-state index contributed by atoms with van der Waals surface area (Å²) >= 11 is 0. The number of nitrogens with zero attached hydrogens (tertiary/aromatic N) is 6. The van der Waals surface area contributed by atoms with Crippen molar-refractivity contribution in [1.82, 2.24) is 34.3 Å². The Kier molecular flexibility index (Phi) is 5.89. The number of rotatable bonds is 6. The normalized spacial score (nSPS) is 15.4. The quantitative estimate of drug-likeness (QED) is 0.363. The first-order chi connectivity index (χ1) is 18.0. The minimum atomic E-state index is -3.70. The number of aromatic nitrogens is 6. The first-order valence-corrected chi connectivity index (χ1v) is 13.3. The molecule has 1 aliphatic rings. The number of piperidine rings is 1. The lowest BCUT2D eigenvalue weighted by Gasteiger charge is -2.30. The highest BCUT2D eigenvalue weighted by atomic mass is 32.2. The summed E-state index contributed by atoms with van der Waals surface area (Å²) in [5.41, 5.74) is 1.92. The highest BCUT2D eigenvalue weighted by Gasteiger charge is 2.31. The Morgan fingerprint density at radius 1 is 1.05 bits per heavy atom. The van der Waals surface area contributed by atoms with Gasteiger partial charge in [-0.3, -0.25) is 4.79 Å². The Hall–Kier alpha value is -4.16. The van der Waals surface area contributed by atoms with Crippen molar-refractivity contribution in [3.63, 3.8) is 0 Å². The van der Waals surface area contributed by atoms with Crippen molar-refractivity contribution in [3.8, 4) is 11.3 Å². The van der Waals surface area contributed by atoms with Gasteiger partial charge in [-0.15, -0.1) is 5.10 Å². The summed E-state index contributed by atoms with van der Waals surface area (Å²) in [7, 11) is -3.70. The van der Waals surface area contributed by atoms with Gasteiger partial charge < -0.3 is 9.40 Å². The standard InChI is InChI=1S/C25H23N7O4S/c33-25-22-24(32(30-29-22)15-17-5-2-1-3-6-17)27-23(28-25)18-9-11-31(12-10-18)37(34,35)20-8-4-7-19(13-20)21-14-26-16-36-21/h1-8,13-14,16,18H,9-12,15H2,(H,27,28,33). The molecule has 1 N–H and O–H groups in total. The van der Waals surface area contributed by atoms with Crippen LogP contribution in [0.3, 0.4) is 0 Å². The molecule has 37 heavy (non-hydrogen) atoms. The minimum Gasteiger partial charge on any atom is -0.444 e. The predicted molar refractivity (Wildman–Crippen MR) is 134 cm³/mol. The second-order valence-corrected chi connectivity index (χ2v) is 10.9. The van der Waals surface area contributed by atoms with E-state index in [1.807, 2.05) is 30.3 Å². The summed E-state index contributed by atoms with van der Waals surface area (Å²) in [4.78, 5) is 24.4.